The zero-order valence-corrected chi connectivity index (χ0v) is 13.4. The van der Waals surface area contributed by atoms with Gasteiger partial charge >= 0.3 is 7.12 Å². The minimum Gasteiger partial charge on any atom is -0.400 e. The van der Waals surface area contributed by atoms with Gasteiger partial charge < -0.3 is 19.4 Å². The van der Waals surface area contributed by atoms with Crippen molar-refractivity contribution < 1.29 is 14.4 Å². The minimum absolute atomic E-state index is 0.125. The molecule has 0 atom stereocenters. The quantitative estimate of drug-likeness (QED) is 0.855. The number of rotatable bonds is 3. The van der Waals surface area contributed by atoms with Gasteiger partial charge in [-0.15, -0.1) is 0 Å². The smallest absolute Gasteiger partial charge is 0.400 e. The van der Waals surface area contributed by atoms with Gasteiger partial charge in [0.2, 0.25) is 0 Å². The van der Waals surface area contributed by atoms with E-state index in [-0.39, 0.29) is 6.61 Å². The van der Waals surface area contributed by atoms with Crippen LogP contribution in [0.2, 0.25) is 0 Å². The Morgan fingerprint density at radius 1 is 1.32 bits per heavy atom. The lowest BCUT2D eigenvalue weighted by molar-refractivity contribution is 0.00578. The zero-order valence-electron chi connectivity index (χ0n) is 13.4. The second-order valence-electron chi connectivity index (χ2n) is 6.64. The number of pyridine rings is 1. The molecule has 2 aromatic heterocycles. The molecular weight excluding hydrogens is 279 g/mol. The van der Waals surface area contributed by atoms with Crippen molar-refractivity contribution in [2.24, 2.45) is 0 Å². The average Bonchev–Trinajstić information content (AvgIpc) is 2.98. The van der Waals surface area contributed by atoms with E-state index in [4.69, 9.17) is 9.31 Å². The molecule has 0 amide bonds. The molecule has 2 N–H and O–H groups in total. The van der Waals surface area contributed by atoms with E-state index in [1.807, 2.05) is 52.1 Å². The van der Waals surface area contributed by atoms with E-state index >= 15 is 0 Å². The number of hydrogen-bond acceptors (Lipinski definition) is 4. The topological polar surface area (TPSA) is 67.4 Å². The van der Waals surface area contributed by atoms with Crippen molar-refractivity contribution in [3.8, 4) is 0 Å². The number of H-pyrrole nitrogens is 1. The SMILES string of the molecule is CC1(C)OB(C(=Cc2cnc3cc[nH]c3c2)CO)OC1(C)C. The third-order valence-electron chi connectivity index (χ3n) is 4.51. The molecule has 0 aliphatic carbocycles. The Kier molecular flexibility index (Phi) is 3.63. The van der Waals surface area contributed by atoms with Crippen LogP contribution in [0.15, 0.2) is 30.0 Å². The predicted molar refractivity (Wildman–Crippen MR) is 87.2 cm³/mol. The van der Waals surface area contributed by atoms with Gasteiger partial charge in [0.1, 0.15) is 0 Å². The maximum absolute atomic E-state index is 9.70. The first-order valence-corrected chi connectivity index (χ1v) is 7.42. The second-order valence-corrected chi connectivity index (χ2v) is 6.64. The summed E-state index contributed by atoms with van der Waals surface area (Å²) < 4.78 is 12.0. The molecule has 1 saturated heterocycles. The van der Waals surface area contributed by atoms with Crippen LogP contribution in [-0.2, 0) is 9.31 Å². The first-order chi connectivity index (χ1) is 10.3. The maximum Gasteiger partial charge on any atom is 0.492 e. The van der Waals surface area contributed by atoms with Crippen LogP contribution < -0.4 is 0 Å². The van der Waals surface area contributed by atoms with Crippen LogP contribution in [0.1, 0.15) is 33.3 Å². The number of fused-ring (bicyclic) bond motifs is 1. The summed E-state index contributed by atoms with van der Waals surface area (Å²) in [5.41, 5.74) is 2.61. The minimum atomic E-state index is -0.547. The van der Waals surface area contributed by atoms with Crippen LogP contribution in [0.25, 0.3) is 17.1 Å². The number of aromatic nitrogens is 2. The Morgan fingerprint density at radius 2 is 2.00 bits per heavy atom. The molecule has 1 fully saturated rings. The van der Waals surface area contributed by atoms with Crippen LogP contribution in [0, 0.1) is 0 Å². The summed E-state index contributed by atoms with van der Waals surface area (Å²) in [6.07, 6.45) is 5.50. The lowest BCUT2D eigenvalue weighted by atomic mass is 9.77. The summed E-state index contributed by atoms with van der Waals surface area (Å²) in [6.45, 7) is 7.85. The highest BCUT2D eigenvalue weighted by Gasteiger charge is 2.52. The van der Waals surface area contributed by atoms with E-state index in [2.05, 4.69) is 9.97 Å². The Hall–Kier alpha value is -1.63. The molecule has 116 valence electrons. The van der Waals surface area contributed by atoms with Crippen LogP contribution in [0.3, 0.4) is 0 Å². The molecule has 6 heteroatoms. The molecule has 2 aromatic rings. The van der Waals surface area contributed by atoms with Crippen molar-refractivity contribution in [2.45, 2.75) is 38.9 Å². The summed E-state index contributed by atoms with van der Waals surface area (Å²) in [5, 5.41) is 9.70. The molecule has 0 spiro atoms. The van der Waals surface area contributed by atoms with Gasteiger partial charge in [0.25, 0.3) is 0 Å². The number of aliphatic hydroxyl groups is 1. The monoisotopic (exact) mass is 300 g/mol. The Labute approximate surface area is 130 Å². The predicted octanol–water partition coefficient (Wildman–Crippen LogP) is 2.57. The fourth-order valence-electron chi connectivity index (χ4n) is 2.43. The summed E-state index contributed by atoms with van der Waals surface area (Å²) in [5.74, 6) is 0. The highest BCUT2D eigenvalue weighted by molar-refractivity contribution is 6.55. The molecule has 22 heavy (non-hydrogen) atoms. The Bertz CT molecular complexity index is 705. The molecule has 3 heterocycles. The lowest BCUT2D eigenvalue weighted by Gasteiger charge is -2.32. The van der Waals surface area contributed by atoms with Gasteiger partial charge in [-0.2, -0.15) is 0 Å². The third kappa shape index (κ3) is 2.58. The standard InChI is InChI=1S/C16H21BN2O3/c1-15(2)16(3,4)22-17(21-15)12(10-20)7-11-8-14-13(19-9-11)5-6-18-14/h5-9,18,20H,10H2,1-4H3. The van der Waals surface area contributed by atoms with Gasteiger partial charge in [0.05, 0.1) is 28.8 Å². The summed E-state index contributed by atoms with van der Waals surface area (Å²) in [7, 11) is -0.547. The van der Waals surface area contributed by atoms with Crippen molar-refractivity contribution in [3.63, 3.8) is 0 Å². The van der Waals surface area contributed by atoms with E-state index < -0.39 is 18.3 Å². The van der Waals surface area contributed by atoms with Gasteiger partial charge in [-0.25, -0.2) is 0 Å². The molecule has 1 aliphatic rings. The molecule has 0 unspecified atom stereocenters. The van der Waals surface area contributed by atoms with Gasteiger partial charge in [-0.05, 0) is 50.9 Å². The molecule has 0 bridgehead atoms. The first kappa shape index (κ1) is 15.3. The number of aromatic amines is 1. The van der Waals surface area contributed by atoms with E-state index in [9.17, 15) is 5.11 Å². The Balaban J connectivity index is 1.90. The molecule has 1 aliphatic heterocycles. The summed E-state index contributed by atoms with van der Waals surface area (Å²) >= 11 is 0. The van der Waals surface area contributed by atoms with E-state index in [0.29, 0.717) is 5.47 Å². The molecule has 0 saturated carbocycles. The van der Waals surface area contributed by atoms with Gasteiger partial charge in [0.15, 0.2) is 0 Å². The van der Waals surface area contributed by atoms with Crippen molar-refractivity contribution in [2.75, 3.05) is 6.61 Å². The Morgan fingerprint density at radius 3 is 2.64 bits per heavy atom. The van der Waals surface area contributed by atoms with Crippen LogP contribution >= 0.6 is 0 Å². The molecule has 3 rings (SSSR count). The van der Waals surface area contributed by atoms with Gasteiger partial charge in [0, 0.05) is 12.4 Å². The third-order valence-corrected chi connectivity index (χ3v) is 4.51. The maximum atomic E-state index is 9.70. The highest BCUT2D eigenvalue weighted by Crippen LogP contribution is 2.38. The van der Waals surface area contributed by atoms with Crippen molar-refractivity contribution >= 4 is 24.2 Å². The molecular formula is C16H21BN2O3. The van der Waals surface area contributed by atoms with Gasteiger partial charge in [-0.3, -0.25) is 4.98 Å². The van der Waals surface area contributed by atoms with Crippen molar-refractivity contribution in [1.29, 1.82) is 0 Å². The van der Waals surface area contributed by atoms with Crippen LogP contribution in [0.5, 0.6) is 0 Å². The van der Waals surface area contributed by atoms with E-state index in [0.717, 1.165) is 16.6 Å². The normalized spacial score (nSPS) is 20.8. The lowest BCUT2D eigenvalue weighted by Crippen LogP contribution is -2.41. The molecule has 0 aromatic carbocycles. The van der Waals surface area contributed by atoms with Crippen LogP contribution in [-0.4, -0.2) is 40.0 Å². The van der Waals surface area contributed by atoms with Crippen molar-refractivity contribution in [3.05, 3.63) is 35.6 Å². The number of aliphatic hydroxyl groups excluding tert-OH is 1. The van der Waals surface area contributed by atoms with E-state index in [1.165, 1.54) is 0 Å². The van der Waals surface area contributed by atoms with Crippen molar-refractivity contribution in [1.82, 2.24) is 9.97 Å². The average molecular weight is 300 g/mol. The number of nitrogens with one attached hydrogen (secondary N) is 1. The zero-order chi connectivity index (χ0) is 16.0. The van der Waals surface area contributed by atoms with E-state index in [1.54, 1.807) is 6.20 Å². The largest absolute Gasteiger partial charge is 0.492 e. The first-order valence-electron chi connectivity index (χ1n) is 7.42. The summed E-state index contributed by atoms with van der Waals surface area (Å²) in [6, 6.07) is 3.91. The number of hydrogen-bond donors (Lipinski definition) is 2. The molecule has 0 radical (unpaired) electrons. The second kappa shape index (κ2) is 5.23. The van der Waals surface area contributed by atoms with Gasteiger partial charge in [-0.1, -0.05) is 6.08 Å². The summed E-state index contributed by atoms with van der Waals surface area (Å²) in [4.78, 5) is 7.50. The van der Waals surface area contributed by atoms with Crippen LogP contribution in [0.4, 0.5) is 0 Å². The fourth-order valence-corrected chi connectivity index (χ4v) is 2.43. The fraction of sp³-hybridized carbons (Fsp3) is 0.438. The number of nitrogens with zero attached hydrogens (tertiary/aromatic N) is 1. The molecule has 5 nitrogen and oxygen atoms in total. The highest BCUT2D eigenvalue weighted by atomic mass is 16.7.